The molecule has 436 valence electrons. The van der Waals surface area contributed by atoms with Crippen LogP contribution in [0.1, 0.15) is 78.5 Å². The average molecular weight is 1120 g/mol. The summed E-state index contributed by atoms with van der Waals surface area (Å²) < 4.78 is 0. The Morgan fingerprint density at radius 2 is 0.850 bits per heavy atom. The Hall–Kier alpha value is -8.09. The first-order valence-electron chi connectivity index (χ1n) is 26.5. The summed E-state index contributed by atoms with van der Waals surface area (Å²) in [7, 11) is 0. The molecule has 0 aliphatic carbocycles. The van der Waals surface area contributed by atoms with Crippen LogP contribution in [-0.2, 0) is 62.4 Å². The Morgan fingerprint density at radius 3 is 1.27 bits per heavy atom. The first kappa shape index (κ1) is 64.4. The molecule has 0 saturated heterocycles. The van der Waals surface area contributed by atoms with Gasteiger partial charge in [-0.1, -0.05) is 97.9 Å². The Morgan fingerprint density at radius 1 is 0.463 bits per heavy atom. The van der Waals surface area contributed by atoms with Gasteiger partial charge in [0.05, 0.1) is 19.3 Å². The van der Waals surface area contributed by atoms with Gasteiger partial charge in [0.2, 0.25) is 47.3 Å². The van der Waals surface area contributed by atoms with Gasteiger partial charge >= 0.3 is 5.97 Å². The number of carboxylic acids is 1. The molecule has 4 aromatic rings. The number of nitrogens with one attached hydrogen (secondary N) is 9. The van der Waals surface area contributed by atoms with E-state index in [4.69, 9.17) is 5.73 Å². The molecule has 24 heteroatoms. The number of benzene rings is 3. The number of aromatic amines is 1. The van der Waals surface area contributed by atoms with Crippen LogP contribution in [0.2, 0.25) is 0 Å². The number of aromatic nitrogens is 1. The minimum Gasteiger partial charge on any atom is -0.508 e. The van der Waals surface area contributed by atoms with Crippen LogP contribution in [0.5, 0.6) is 11.5 Å². The van der Waals surface area contributed by atoms with E-state index in [2.05, 4.69) is 47.5 Å². The maximum absolute atomic E-state index is 14.6. The average Bonchev–Trinajstić information content (AvgIpc) is 3.82. The fourth-order valence-corrected chi connectivity index (χ4v) is 8.45. The molecule has 0 aliphatic heterocycles. The van der Waals surface area contributed by atoms with Crippen LogP contribution in [0.3, 0.4) is 0 Å². The van der Waals surface area contributed by atoms with Crippen LogP contribution in [0.4, 0.5) is 0 Å². The van der Waals surface area contributed by atoms with E-state index in [1.807, 2.05) is 12.1 Å². The normalized spacial score (nSPS) is 14.8. The number of phenolic OH excluding ortho intramolecular Hbond substituents is 2. The zero-order chi connectivity index (χ0) is 59.5. The van der Waals surface area contributed by atoms with Gasteiger partial charge in [0.1, 0.15) is 59.8 Å². The lowest BCUT2D eigenvalue weighted by Gasteiger charge is -2.28. The van der Waals surface area contributed by atoms with Crippen molar-refractivity contribution in [3.63, 3.8) is 0 Å². The van der Waals surface area contributed by atoms with Crippen molar-refractivity contribution in [3.8, 4) is 11.5 Å². The van der Waals surface area contributed by atoms with Crippen LogP contribution in [0.15, 0.2) is 79.0 Å². The number of hydrogen-bond acceptors (Lipinski definition) is 14. The van der Waals surface area contributed by atoms with Crippen molar-refractivity contribution in [2.45, 2.75) is 135 Å². The summed E-state index contributed by atoms with van der Waals surface area (Å²) >= 11 is 0. The third-order valence-electron chi connectivity index (χ3n) is 13.2. The van der Waals surface area contributed by atoms with Crippen molar-refractivity contribution in [2.75, 3.05) is 13.2 Å². The summed E-state index contributed by atoms with van der Waals surface area (Å²) in [6.07, 6.45) is 1.08. The predicted molar refractivity (Wildman–Crippen MR) is 295 cm³/mol. The molecule has 0 aliphatic rings. The highest BCUT2D eigenvalue weighted by atomic mass is 16.4. The minimum absolute atomic E-state index is 0.0569. The molecule has 0 fully saturated rings. The van der Waals surface area contributed by atoms with Gasteiger partial charge in [-0.15, -0.1) is 0 Å². The van der Waals surface area contributed by atoms with E-state index in [0.717, 1.165) is 10.9 Å². The number of fused-ring (bicyclic) bond motifs is 1. The van der Waals surface area contributed by atoms with Crippen molar-refractivity contribution in [1.29, 1.82) is 0 Å². The molecule has 0 saturated carbocycles. The molecule has 80 heavy (non-hydrogen) atoms. The monoisotopic (exact) mass is 1110 g/mol. The molecule has 0 bridgehead atoms. The van der Waals surface area contributed by atoms with Crippen molar-refractivity contribution in [1.82, 2.24) is 47.5 Å². The summed E-state index contributed by atoms with van der Waals surface area (Å²) in [6, 6.07) is 5.63. The van der Waals surface area contributed by atoms with Gasteiger partial charge in [-0.25, -0.2) is 4.79 Å². The van der Waals surface area contributed by atoms with Crippen LogP contribution < -0.4 is 48.3 Å². The second kappa shape index (κ2) is 30.3. The topological polar surface area (TPSA) is 393 Å². The number of rotatable bonds is 30. The third kappa shape index (κ3) is 19.1. The molecule has 1 heterocycles. The summed E-state index contributed by atoms with van der Waals surface area (Å²) in [5.74, 6) is -10.2. The Balaban J connectivity index is 1.61. The Labute approximate surface area is 464 Å². The van der Waals surface area contributed by atoms with Crippen LogP contribution in [-0.4, -0.2) is 151 Å². The molecule has 0 unspecified atom stereocenters. The molecular weight excluding hydrogens is 1040 g/mol. The summed E-state index contributed by atoms with van der Waals surface area (Å²) in [5, 5.41) is 71.6. The maximum atomic E-state index is 14.6. The zero-order valence-electron chi connectivity index (χ0n) is 46.2. The van der Waals surface area contributed by atoms with Gasteiger partial charge < -0.3 is 78.8 Å². The molecule has 9 atom stereocenters. The van der Waals surface area contributed by atoms with E-state index in [1.165, 1.54) is 48.5 Å². The van der Waals surface area contributed by atoms with E-state index in [1.54, 1.807) is 73.7 Å². The van der Waals surface area contributed by atoms with E-state index in [-0.39, 0.29) is 49.0 Å². The lowest BCUT2D eigenvalue weighted by Crippen LogP contribution is -2.62. The highest BCUT2D eigenvalue weighted by Crippen LogP contribution is 2.21. The number of aliphatic hydroxyl groups is 2. The largest absolute Gasteiger partial charge is 0.508 e. The van der Waals surface area contributed by atoms with Crippen LogP contribution in [0, 0.1) is 23.7 Å². The number of carbonyl (C=O) groups excluding carboxylic acids is 8. The molecular formula is C56H78N10O14. The molecule has 0 radical (unpaired) electrons. The second-order valence-corrected chi connectivity index (χ2v) is 21.2. The third-order valence-corrected chi connectivity index (χ3v) is 13.2. The van der Waals surface area contributed by atoms with E-state index < -0.39 is 133 Å². The van der Waals surface area contributed by atoms with E-state index in [0.29, 0.717) is 16.7 Å². The smallest absolute Gasteiger partial charge is 0.326 e. The number of aliphatic carboxylic acids is 1. The van der Waals surface area contributed by atoms with Gasteiger partial charge in [0, 0.05) is 36.4 Å². The van der Waals surface area contributed by atoms with Crippen molar-refractivity contribution >= 4 is 64.1 Å². The maximum Gasteiger partial charge on any atom is 0.326 e. The number of carbonyl (C=O) groups is 9. The number of H-pyrrole nitrogens is 1. The lowest BCUT2D eigenvalue weighted by molar-refractivity contribution is -0.143. The summed E-state index contributed by atoms with van der Waals surface area (Å²) in [6.45, 7) is 11.5. The fourth-order valence-electron chi connectivity index (χ4n) is 8.45. The highest BCUT2D eigenvalue weighted by Gasteiger charge is 2.36. The number of phenols is 2. The van der Waals surface area contributed by atoms with Crippen LogP contribution in [0.25, 0.3) is 10.9 Å². The Bertz CT molecular complexity index is 2770. The number of nitrogens with two attached hydrogens (primary N) is 1. The van der Waals surface area contributed by atoms with Gasteiger partial charge in [-0.3, -0.25) is 38.4 Å². The van der Waals surface area contributed by atoms with E-state index >= 15 is 0 Å². The number of para-hydroxylation sites is 1. The minimum atomic E-state index is -1.84. The molecule has 4 rings (SSSR count). The van der Waals surface area contributed by atoms with Gasteiger partial charge in [-0.2, -0.15) is 0 Å². The standard InChI is InChI=1S/C56H78N10O14/c1-28(2)21-39(51(74)66-47(31(7)8)56(79)80)59-48(71)40(22-32-13-17-35(69)18-14-32)61-52(75)43(26-67)64-53(76)44(27-68)63-49(72)41(23-33-15-19-36(70)20-16-33)60-50(73)42(24-34-25-58-38-12-10-9-11-37(34)38)62-55(78)46(30(5)6)65-54(77)45(57)29(3)4/h9-20,25,28-31,39-47,58,67-70H,21-24,26-27,57H2,1-8H3,(H,59,71)(H,60,73)(H,61,75)(H,62,78)(H,63,72)(H,64,76)(H,65,77)(H,66,74)(H,79,80)/t39-,40-,41-,42-,43-,44-,45-,46-,47-/m0/s1. The number of aromatic hydroxyl groups is 2. The van der Waals surface area contributed by atoms with Gasteiger partial charge in [0.25, 0.3) is 0 Å². The fraction of sp³-hybridized carbons (Fsp3) is 0.482. The van der Waals surface area contributed by atoms with Crippen molar-refractivity contribution in [3.05, 3.63) is 95.7 Å². The SMILES string of the molecule is CC(C)C[C@H](NC(=O)[C@H](Cc1ccc(O)cc1)NC(=O)[C@H](CO)NC(=O)[C@H](CO)NC(=O)[C@H](Cc1ccc(O)cc1)NC(=O)[C@H](Cc1c[nH]c2ccccc12)NC(=O)[C@@H](NC(=O)[C@@H](N)C(C)C)C(C)C)C(=O)N[C@H](C(=O)O)C(C)C. The number of aliphatic hydroxyl groups excluding tert-OH is 2. The molecule has 24 nitrogen and oxygen atoms in total. The zero-order valence-corrected chi connectivity index (χ0v) is 46.2. The van der Waals surface area contributed by atoms with Gasteiger partial charge in [-0.05, 0) is 77.1 Å². The molecule has 1 aromatic heterocycles. The molecule has 8 amide bonds. The number of carboxylic acid groups (broad SMARTS) is 1. The summed E-state index contributed by atoms with van der Waals surface area (Å²) in [4.78, 5) is 127. The van der Waals surface area contributed by atoms with Crippen molar-refractivity contribution < 1.29 is 68.7 Å². The van der Waals surface area contributed by atoms with Crippen LogP contribution >= 0.6 is 0 Å². The molecule has 0 spiro atoms. The Kier molecular flexibility index (Phi) is 24.4. The number of amides is 8. The van der Waals surface area contributed by atoms with Gasteiger partial charge in [0.15, 0.2) is 0 Å². The predicted octanol–water partition coefficient (Wildman–Crippen LogP) is -0.104. The molecule has 3 aromatic carbocycles. The second-order valence-electron chi connectivity index (χ2n) is 21.2. The quantitative estimate of drug-likeness (QED) is 0.0324. The van der Waals surface area contributed by atoms with E-state index in [9.17, 15) is 68.7 Å². The summed E-state index contributed by atoms with van der Waals surface area (Å²) in [5.41, 5.74) is 8.26. The number of hydrogen-bond donors (Lipinski definition) is 15. The highest BCUT2D eigenvalue weighted by molar-refractivity contribution is 5.99. The first-order chi connectivity index (χ1) is 37.7. The van der Waals surface area contributed by atoms with Crippen molar-refractivity contribution in [2.24, 2.45) is 29.4 Å². The lowest BCUT2D eigenvalue weighted by atomic mass is 9.98. The first-order valence-corrected chi connectivity index (χ1v) is 26.5. The molecule has 16 N–H and O–H groups in total.